The van der Waals surface area contributed by atoms with Crippen LogP contribution in [0.2, 0.25) is 0 Å². The van der Waals surface area contributed by atoms with Crippen LogP contribution in [0.5, 0.6) is 0 Å². The van der Waals surface area contributed by atoms with E-state index in [1.54, 1.807) is 6.20 Å². The lowest BCUT2D eigenvalue weighted by Crippen LogP contribution is -2.16. The topological polar surface area (TPSA) is 46.9 Å². The zero-order chi connectivity index (χ0) is 16.4. The number of para-hydroxylation sites is 2. The van der Waals surface area contributed by atoms with E-state index in [0.717, 1.165) is 22.4 Å². The van der Waals surface area contributed by atoms with Crippen molar-refractivity contribution in [2.45, 2.75) is 0 Å². The summed E-state index contributed by atoms with van der Waals surface area (Å²) in [6, 6.07) is 24.9. The molecule has 1 amide bonds. The minimum Gasteiger partial charge on any atom is -0.321 e. The van der Waals surface area contributed by atoms with Gasteiger partial charge in [-0.15, -0.1) is 0 Å². The van der Waals surface area contributed by atoms with Gasteiger partial charge in [0.1, 0.15) is 11.5 Å². The summed E-state index contributed by atoms with van der Waals surface area (Å²) >= 11 is 0. The number of carbonyl (C=O) groups excluding carboxylic acids is 1. The minimum atomic E-state index is -0.164. The van der Waals surface area contributed by atoms with Crippen LogP contribution in [0.3, 0.4) is 0 Å². The van der Waals surface area contributed by atoms with Crippen LogP contribution < -0.4 is 5.32 Å². The Labute approximate surface area is 139 Å². The third-order valence-electron chi connectivity index (χ3n) is 3.85. The lowest BCUT2D eigenvalue weighted by Gasteiger charge is -2.10. The number of carbonyl (C=O) groups is 1. The molecule has 1 N–H and O–H groups in total. The number of rotatable bonds is 3. The maximum Gasteiger partial charge on any atom is 0.272 e. The molecule has 0 unspecified atom stereocenters. The first-order chi connectivity index (χ1) is 11.8. The Hall–Kier alpha value is -3.40. The molecule has 24 heavy (non-hydrogen) atoms. The molecule has 0 aliphatic heterocycles. The molecule has 0 aliphatic rings. The normalized spacial score (nSPS) is 10.7. The van der Waals surface area contributed by atoms with Gasteiger partial charge in [0.15, 0.2) is 0 Å². The van der Waals surface area contributed by atoms with Crippen molar-refractivity contribution in [3.05, 3.63) is 90.8 Å². The summed E-state index contributed by atoms with van der Waals surface area (Å²) in [6.07, 6.45) is 1.73. The lowest BCUT2D eigenvalue weighted by atomic mass is 10.2. The van der Waals surface area contributed by atoms with Crippen LogP contribution in [-0.2, 0) is 0 Å². The number of hydrogen-bond donors (Lipinski definition) is 1. The number of aromatic nitrogens is 2. The second-order valence-corrected chi connectivity index (χ2v) is 5.43. The molecule has 4 aromatic rings. The van der Waals surface area contributed by atoms with Crippen LogP contribution in [-0.4, -0.2) is 15.5 Å². The molecule has 2 heterocycles. The number of anilines is 1. The second kappa shape index (κ2) is 6.01. The van der Waals surface area contributed by atoms with Crippen molar-refractivity contribution >= 4 is 22.5 Å². The van der Waals surface area contributed by atoms with Crippen LogP contribution in [0.1, 0.15) is 10.5 Å². The zero-order valence-corrected chi connectivity index (χ0v) is 12.9. The van der Waals surface area contributed by atoms with E-state index >= 15 is 0 Å². The predicted molar refractivity (Wildman–Crippen MR) is 95.5 cm³/mol. The summed E-state index contributed by atoms with van der Waals surface area (Å²) < 4.78 is 1.88. The first kappa shape index (κ1) is 14.2. The number of benzene rings is 2. The van der Waals surface area contributed by atoms with Gasteiger partial charge >= 0.3 is 0 Å². The fourth-order valence-corrected chi connectivity index (χ4v) is 2.77. The second-order valence-electron chi connectivity index (χ2n) is 5.43. The maximum absolute atomic E-state index is 12.8. The van der Waals surface area contributed by atoms with E-state index in [-0.39, 0.29) is 5.91 Å². The van der Waals surface area contributed by atoms with Gasteiger partial charge in [-0.2, -0.15) is 0 Å². The van der Waals surface area contributed by atoms with Gasteiger partial charge in [0.05, 0.1) is 5.52 Å². The zero-order valence-electron chi connectivity index (χ0n) is 12.9. The molecule has 0 atom stereocenters. The van der Waals surface area contributed by atoms with Crippen LogP contribution in [0, 0.1) is 0 Å². The molecule has 0 saturated heterocycles. The van der Waals surface area contributed by atoms with Crippen molar-refractivity contribution in [3.8, 4) is 5.82 Å². The molecular weight excluding hydrogens is 298 g/mol. The molecule has 116 valence electrons. The van der Waals surface area contributed by atoms with Gasteiger partial charge in [-0.25, -0.2) is 4.98 Å². The van der Waals surface area contributed by atoms with Crippen LogP contribution in [0.25, 0.3) is 16.7 Å². The average Bonchev–Trinajstić information content (AvgIpc) is 3.03. The Bertz CT molecular complexity index is 991. The molecule has 0 bridgehead atoms. The number of nitrogens with one attached hydrogen (secondary N) is 1. The molecule has 0 spiro atoms. The molecule has 4 rings (SSSR count). The Morgan fingerprint density at radius 2 is 1.62 bits per heavy atom. The smallest absolute Gasteiger partial charge is 0.272 e. The van der Waals surface area contributed by atoms with Crippen LogP contribution in [0.4, 0.5) is 5.69 Å². The van der Waals surface area contributed by atoms with Crippen LogP contribution >= 0.6 is 0 Å². The average molecular weight is 313 g/mol. The first-order valence-electron chi connectivity index (χ1n) is 7.71. The highest BCUT2D eigenvalue weighted by molar-refractivity contribution is 6.07. The van der Waals surface area contributed by atoms with Crippen molar-refractivity contribution in [2.24, 2.45) is 0 Å². The molecule has 4 heteroatoms. The van der Waals surface area contributed by atoms with Crippen molar-refractivity contribution in [1.82, 2.24) is 9.55 Å². The summed E-state index contributed by atoms with van der Waals surface area (Å²) in [5.41, 5.74) is 2.27. The largest absolute Gasteiger partial charge is 0.321 e. The third-order valence-corrected chi connectivity index (χ3v) is 3.85. The Morgan fingerprint density at radius 1 is 0.875 bits per heavy atom. The lowest BCUT2D eigenvalue weighted by molar-refractivity contribution is 0.102. The van der Waals surface area contributed by atoms with Gasteiger partial charge in [-0.3, -0.25) is 9.36 Å². The van der Waals surface area contributed by atoms with Crippen molar-refractivity contribution in [2.75, 3.05) is 5.32 Å². The standard InChI is InChI=1S/C20H15N3O/c24-20(22-16-9-2-1-3-10-16)18-14-15-8-4-5-11-17(15)23(18)19-12-6-7-13-21-19/h1-14H,(H,22,24). The number of fused-ring (bicyclic) bond motifs is 1. The van der Waals surface area contributed by atoms with Gasteiger partial charge in [-0.05, 0) is 36.4 Å². The number of amides is 1. The summed E-state index contributed by atoms with van der Waals surface area (Å²) in [4.78, 5) is 17.2. The molecule has 0 aliphatic carbocycles. The van der Waals surface area contributed by atoms with E-state index in [1.807, 2.05) is 83.4 Å². The highest BCUT2D eigenvalue weighted by atomic mass is 16.1. The van der Waals surface area contributed by atoms with E-state index in [2.05, 4.69) is 10.3 Å². The third kappa shape index (κ3) is 2.54. The quantitative estimate of drug-likeness (QED) is 0.614. The monoisotopic (exact) mass is 313 g/mol. The van der Waals surface area contributed by atoms with Crippen molar-refractivity contribution < 1.29 is 4.79 Å². The molecular formula is C20H15N3O. The Morgan fingerprint density at radius 3 is 2.42 bits per heavy atom. The molecule has 0 fully saturated rings. The molecule has 0 saturated carbocycles. The van der Waals surface area contributed by atoms with E-state index in [4.69, 9.17) is 0 Å². The van der Waals surface area contributed by atoms with Crippen LogP contribution in [0.15, 0.2) is 85.1 Å². The van der Waals surface area contributed by atoms with Crippen molar-refractivity contribution in [3.63, 3.8) is 0 Å². The highest BCUT2D eigenvalue weighted by Crippen LogP contribution is 2.24. The van der Waals surface area contributed by atoms with Gasteiger partial charge in [0, 0.05) is 17.3 Å². The molecule has 0 radical (unpaired) electrons. The Balaban J connectivity index is 1.84. The molecule has 2 aromatic carbocycles. The van der Waals surface area contributed by atoms with Crippen molar-refractivity contribution in [1.29, 1.82) is 0 Å². The summed E-state index contributed by atoms with van der Waals surface area (Å²) in [5, 5.41) is 3.94. The predicted octanol–water partition coefficient (Wildman–Crippen LogP) is 4.28. The SMILES string of the molecule is O=C(Nc1ccccc1)c1cc2ccccc2n1-c1ccccn1. The number of pyridine rings is 1. The van der Waals surface area contributed by atoms with Gasteiger partial charge < -0.3 is 5.32 Å². The van der Waals surface area contributed by atoms with E-state index < -0.39 is 0 Å². The molecule has 4 nitrogen and oxygen atoms in total. The maximum atomic E-state index is 12.8. The van der Waals surface area contributed by atoms with E-state index in [9.17, 15) is 4.79 Å². The fourth-order valence-electron chi connectivity index (χ4n) is 2.77. The number of nitrogens with zero attached hydrogens (tertiary/aromatic N) is 2. The van der Waals surface area contributed by atoms with E-state index in [1.165, 1.54) is 0 Å². The van der Waals surface area contributed by atoms with Gasteiger partial charge in [0.25, 0.3) is 5.91 Å². The summed E-state index contributed by atoms with van der Waals surface area (Å²) in [7, 11) is 0. The van der Waals surface area contributed by atoms with Gasteiger partial charge in [-0.1, -0.05) is 42.5 Å². The first-order valence-corrected chi connectivity index (χ1v) is 7.71. The summed E-state index contributed by atoms with van der Waals surface area (Å²) in [5.74, 6) is 0.556. The molecule has 2 aromatic heterocycles. The van der Waals surface area contributed by atoms with Gasteiger partial charge in [0.2, 0.25) is 0 Å². The van der Waals surface area contributed by atoms with E-state index in [0.29, 0.717) is 5.69 Å². The fraction of sp³-hybridized carbons (Fsp3) is 0. The minimum absolute atomic E-state index is 0.164. The Kier molecular flexibility index (Phi) is 3.56. The highest BCUT2D eigenvalue weighted by Gasteiger charge is 2.17. The number of hydrogen-bond acceptors (Lipinski definition) is 2. The summed E-state index contributed by atoms with van der Waals surface area (Å²) in [6.45, 7) is 0.